The molecule has 1 saturated heterocycles. The van der Waals surface area contributed by atoms with Crippen LogP contribution in [-0.4, -0.2) is 46.5 Å². The molecule has 0 N–H and O–H groups in total. The second kappa shape index (κ2) is 7.27. The van der Waals surface area contributed by atoms with Gasteiger partial charge in [-0.1, -0.05) is 36.4 Å². The maximum Gasteiger partial charge on any atom is 0.0404 e. The number of hydrogen-bond donors (Lipinski definition) is 0. The van der Waals surface area contributed by atoms with Crippen LogP contribution in [0.2, 0.25) is 0 Å². The molecule has 0 radical (unpaired) electrons. The van der Waals surface area contributed by atoms with Crippen molar-refractivity contribution in [2.75, 3.05) is 26.2 Å². The number of aromatic nitrogens is 1. The molecule has 2 fully saturated rings. The van der Waals surface area contributed by atoms with E-state index in [0.29, 0.717) is 5.54 Å². The van der Waals surface area contributed by atoms with Gasteiger partial charge in [0.2, 0.25) is 0 Å². The van der Waals surface area contributed by atoms with E-state index < -0.39 is 0 Å². The summed E-state index contributed by atoms with van der Waals surface area (Å²) in [5.41, 5.74) is 4.55. The normalized spacial score (nSPS) is 20.5. The van der Waals surface area contributed by atoms with Crippen LogP contribution >= 0.6 is 0 Å². The van der Waals surface area contributed by atoms with Crippen LogP contribution in [-0.2, 0) is 13.0 Å². The predicted molar refractivity (Wildman–Crippen MR) is 103 cm³/mol. The summed E-state index contributed by atoms with van der Waals surface area (Å²) in [6.07, 6.45) is 7.12. The molecular weight excluding hydrogens is 306 g/mol. The summed E-state index contributed by atoms with van der Waals surface area (Å²) in [4.78, 5) is 9.82. The molecule has 1 saturated carbocycles. The minimum atomic E-state index is 0.487. The molecule has 2 aliphatic rings. The number of benzene rings is 1. The van der Waals surface area contributed by atoms with E-state index in [1.54, 1.807) is 0 Å². The fourth-order valence-electron chi connectivity index (χ4n) is 4.24. The summed E-state index contributed by atoms with van der Waals surface area (Å²) in [6, 6.07) is 15.2. The average Bonchev–Trinajstić information content (AvgIpc) is 3.44. The lowest BCUT2D eigenvalue weighted by Gasteiger charge is -2.40. The van der Waals surface area contributed by atoms with Gasteiger partial charge in [-0.15, -0.1) is 0 Å². The van der Waals surface area contributed by atoms with Crippen molar-refractivity contribution in [2.45, 2.75) is 44.7 Å². The number of pyridine rings is 1. The van der Waals surface area contributed by atoms with Crippen molar-refractivity contribution in [3.05, 3.63) is 65.5 Å². The van der Waals surface area contributed by atoms with Crippen molar-refractivity contribution in [1.29, 1.82) is 0 Å². The van der Waals surface area contributed by atoms with E-state index in [-0.39, 0.29) is 0 Å². The van der Waals surface area contributed by atoms with Crippen molar-refractivity contribution in [1.82, 2.24) is 14.8 Å². The van der Waals surface area contributed by atoms with Gasteiger partial charge < -0.3 is 0 Å². The molecule has 2 heterocycles. The van der Waals surface area contributed by atoms with Gasteiger partial charge in [-0.3, -0.25) is 14.8 Å². The molecule has 132 valence electrons. The van der Waals surface area contributed by atoms with Gasteiger partial charge in [0.15, 0.2) is 0 Å². The van der Waals surface area contributed by atoms with Gasteiger partial charge in [-0.25, -0.2) is 0 Å². The van der Waals surface area contributed by atoms with Crippen molar-refractivity contribution < 1.29 is 0 Å². The zero-order chi connectivity index (χ0) is 17.1. The molecule has 1 aliphatic heterocycles. The molecule has 3 heteroatoms. The van der Waals surface area contributed by atoms with Gasteiger partial charge >= 0.3 is 0 Å². The number of rotatable bonds is 6. The Kier molecular flexibility index (Phi) is 4.87. The van der Waals surface area contributed by atoms with Gasteiger partial charge in [-0.2, -0.15) is 0 Å². The maximum atomic E-state index is 4.44. The average molecular weight is 335 g/mol. The molecule has 0 amide bonds. The van der Waals surface area contributed by atoms with Gasteiger partial charge in [0.1, 0.15) is 0 Å². The van der Waals surface area contributed by atoms with Crippen LogP contribution in [0.4, 0.5) is 0 Å². The largest absolute Gasteiger partial charge is 0.297 e. The molecule has 2 aromatic rings. The summed E-state index contributed by atoms with van der Waals surface area (Å²) in [6.45, 7) is 8.07. The lowest BCUT2D eigenvalue weighted by atomic mass is 10.0. The molecule has 1 aromatic carbocycles. The van der Waals surface area contributed by atoms with Crippen LogP contribution in [0.15, 0.2) is 48.7 Å². The number of nitrogens with zero attached hydrogens (tertiary/aromatic N) is 3. The van der Waals surface area contributed by atoms with E-state index in [9.17, 15) is 0 Å². The summed E-state index contributed by atoms with van der Waals surface area (Å²) in [7, 11) is 0. The highest BCUT2D eigenvalue weighted by atomic mass is 15.3. The Hall–Kier alpha value is -1.71. The number of aryl methyl sites for hydroxylation is 2. The number of piperazine rings is 1. The molecule has 4 rings (SSSR count). The van der Waals surface area contributed by atoms with E-state index in [0.717, 1.165) is 6.54 Å². The first kappa shape index (κ1) is 16.7. The Labute approximate surface area is 151 Å². The zero-order valence-electron chi connectivity index (χ0n) is 15.3. The van der Waals surface area contributed by atoms with E-state index in [2.05, 4.69) is 64.2 Å². The molecule has 0 spiro atoms. The highest BCUT2D eigenvalue weighted by Gasteiger charge is 2.47. The monoisotopic (exact) mass is 335 g/mol. The molecule has 1 aliphatic carbocycles. The summed E-state index contributed by atoms with van der Waals surface area (Å²) >= 11 is 0. The van der Waals surface area contributed by atoms with Crippen molar-refractivity contribution in [3.63, 3.8) is 0 Å². The van der Waals surface area contributed by atoms with Gasteiger partial charge in [0.25, 0.3) is 0 Å². The standard InChI is InChI=1S/C22H29N3/c1-19-21(8-5-13-23-19)9-10-22(11-12-22)25-16-14-24(15-17-25)18-20-6-3-2-4-7-20/h2-8,13H,9-12,14-18H2,1H3. The molecule has 0 bridgehead atoms. The summed E-state index contributed by atoms with van der Waals surface area (Å²) < 4.78 is 0. The third-order valence-corrected chi connectivity index (χ3v) is 6.10. The first-order chi connectivity index (χ1) is 12.3. The van der Waals surface area contributed by atoms with Gasteiger partial charge in [0, 0.05) is 50.2 Å². The fraction of sp³-hybridized carbons (Fsp3) is 0.500. The summed E-state index contributed by atoms with van der Waals surface area (Å²) in [5, 5.41) is 0. The van der Waals surface area contributed by atoms with Crippen LogP contribution in [0.3, 0.4) is 0 Å². The lowest BCUT2D eigenvalue weighted by Crippen LogP contribution is -2.51. The van der Waals surface area contributed by atoms with Crippen LogP contribution in [0.25, 0.3) is 0 Å². The van der Waals surface area contributed by atoms with E-state index in [4.69, 9.17) is 0 Å². The van der Waals surface area contributed by atoms with Gasteiger partial charge in [-0.05, 0) is 49.8 Å². The Bertz CT molecular complexity index is 685. The van der Waals surface area contributed by atoms with Crippen LogP contribution in [0.5, 0.6) is 0 Å². The second-order valence-corrected chi connectivity index (χ2v) is 7.72. The predicted octanol–water partition coefficient (Wildman–Crippen LogP) is 3.67. The Morgan fingerprint density at radius 1 is 0.960 bits per heavy atom. The second-order valence-electron chi connectivity index (χ2n) is 7.72. The highest BCUT2D eigenvalue weighted by molar-refractivity contribution is 5.20. The Morgan fingerprint density at radius 3 is 2.40 bits per heavy atom. The van der Waals surface area contributed by atoms with Crippen molar-refractivity contribution >= 4 is 0 Å². The van der Waals surface area contributed by atoms with Crippen LogP contribution in [0, 0.1) is 6.92 Å². The minimum absolute atomic E-state index is 0.487. The molecule has 0 atom stereocenters. The van der Waals surface area contributed by atoms with Crippen LogP contribution < -0.4 is 0 Å². The van der Waals surface area contributed by atoms with E-state index >= 15 is 0 Å². The van der Waals surface area contributed by atoms with Crippen molar-refractivity contribution in [3.8, 4) is 0 Å². The Morgan fingerprint density at radius 2 is 1.72 bits per heavy atom. The number of hydrogen-bond acceptors (Lipinski definition) is 3. The minimum Gasteiger partial charge on any atom is -0.297 e. The smallest absolute Gasteiger partial charge is 0.0404 e. The maximum absolute atomic E-state index is 4.44. The highest BCUT2D eigenvalue weighted by Crippen LogP contribution is 2.46. The molecule has 0 unspecified atom stereocenters. The molecule has 1 aromatic heterocycles. The molecular formula is C22H29N3. The van der Waals surface area contributed by atoms with E-state index in [1.807, 2.05) is 6.20 Å². The molecule has 25 heavy (non-hydrogen) atoms. The van der Waals surface area contributed by atoms with Crippen molar-refractivity contribution in [2.24, 2.45) is 0 Å². The quantitative estimate of drug-likeness (QED) is 0.803. The first-order valence-electron chi connectivity index (χ1n) is 9.67. The SMILES string of the molecule is Cc1ncccc1CCC1(N2CCN(Cc3ccccc3)CC2)CC1. The van der Waals surface area contributed by atoms with E-state index in [1.165, 1.54) is 68.7 Å². The topological polar surface area (TPSA) is 19.4 Å². The molecule has 3 nitrogen and oxygen atoms in total. The third-order valence-electron chi connectivity index (χ3n) is 6.10. The fourth-order valence-corrected chi connectivity index (χ4v) is 4.24. The Balaban J connectivity index is 1.29. The van der Waals surface area contributed by atoms with Crippen LogP contribution in [0.1, 0.15) is 36.1 Å². The summed E-state index contributed by atoms with van der Waals surface area (Å²) in [5.74, 6) is 0. The zero-order valence-corrected chi connectivity index (χ0v) is 15.3. The lowest BCUT2D eigenvalue weighted by molar-refractivity contribution is 0.0768. The third kappa shape index (κ3) is 3.94. The van der Waals surface area contributed by atoms with Gasteiger partial charge in [0.05, 0.1) is 0 Å². The first-order valence-corrected chi connectivity index (χ1v) is 9.67.